The highest BCUT2D eigenvalue weighted by atomic mass is 32.2. The Hall–Kier alpha value is -1.35. The number of ether oxygens (including phenoxy) is 2. The fourth-order valence-electron chi connectivity index (χ4n) is 5.07. The summed E-state index contributed by atoms with van der Waals surface area (Å²) in [4.78, 5) is 2.39. The SMILES string of the molecule is CS(=O)(=O)O[C@H]1C[C@H]2[C@@H](C[C@H]1O)[C@H]1CN2Cc2cc3c(cc21)OCO3. The second-order valence-corrected chi connectivity index (χ2v) is 9.15. The lowest BCUT2D eigenvalue weighted by Crippen LogP contribution is -2.46. The highest BCUT2D eigenvalue weighted by molar-refractivity contribution is 7.86. The monoisotopic (exact) mass is 367 g/mol. The molecular weight excluding hydrogens is 346 g/mol. The number of nitrogens with zero attached hydrogens (tertiary/aromatic N) is 1. The van der Waals surface area contributed by atoms with E-state index in [1.807, 2.05) is 0 Å². The molecular formula is C17H21NO6S. The van der Waals surface area contributed by atoms with Gasteiger partial charge >= 0.3 is 0 Å². The summed E-state index contributed by atoms with van der Waals surface area (Å²) in [6.45, 7) is 2.01. The van der Waals surface area contributed by atoms with Crippen molar-refractivity contribution in [3.63, 3.8) is 0 Å². The van der Waals surface area contributed by atoms with E-state index in [0.29, 0.717) is 24.7 Å². The second kappa shape index (κ2) is 5.33. The van der Waals surface area contributed by atoms with Crippen molar-refractivity contribution in [1.82, 2.24) is 4.90 Å². The van der Waals surface area contributed by atoms with Crippen molar-refractivity contribution in [3.8, 4) is 11.5 Å². The predicted octanol–water partition coefficient (Wildman–Crippen LogP) is 0.812. The fraction of sp³-hybridized carbons (Fsp3) is 0.647. The van der Waals surface area contributed by atoms with E-state index in [4.69, 9.17) is 13.7 Å². The Bertz CT molecular complexity index is 825. The molecule has 3 aliphatic heterocycles. The highest BCUT2D eigenvalue weighted by Crippen LogP contribution is 2.52. The third-order valence-electron chi connectivity index (χ3n) is 6.03. The maximum atomic E-state index is 11.5. The predicted molar refractivity (Wildman–Crippen MR) is 88.0 cm³/mol. The maximum absolute atomic E-state index is 11.5. The zero-order valence-corrected chi connectivity index (χ0v) is 14.7. The van der Waals surface area contributed by atoms with Crippen molar-refractivity contribution < 1.29 is 27.2 Å². The van der Waals surface area contributed by atoms with Crippen molar-refractivity contribution in [1.29, 1.82) is 0 Å². The standard InChI is InChI=1S/C17H21NO6S/c1-25(20,21)24-15-5-13-11(3-14(15)19)12-7-18(13)6-9-2-16-17(4-10(9)12)23-8-22-16/h2,4,11-15,19H,3,5-8H2,1H3/t11-,12-,13-,14+,15-/m0/s1. The molecule has 2 fully saturated rings. The number of rotatable bonds is 2. The Morgan fingerprint density at radius 1 is 1.24 bits per heavy atom. The van der Waals surface area contributed by atoms with Crippen molar-refractivity contribution >= 4 is 10.1 Å². The maximum Gasteiger partial charge on any atom is 0.264 e. The minimum atomic E-state index is -3.58. The van der Waals surface area contributed by atoms with Crippen LogP contribution in [0.15, 0.2) is 12.1 Å². The summed E-state index contributed by atoms with van der Waals surface area (Å²) in [5.74, 6) is 2.22. The molecule has 1 N–H and O–H groups in total. The Kier molecular flexibility index (Phi) is 3.38. The molecule has 1 unspecified atom stereocenters. The molecule has 0 amide bonds. The van der Waals surface area contributed by atoms with E-state index < -0.39 is 22.3 Å². The molecule has 1 saturated heterocycles. The van der Waals surface area contributed by atoms with Crippen LogP contribution >= 0.6 is 0 Å². The third kappa shape index (κ3) is 2.54. The molecule has 0 spiro atoms. The van der Waals surface area contributed by atoms with Gasteiger partial charge in [0, 0.05) is 25.0 Å². The normalized spacial score (nSPS) is 38.3. The lowest BCUT2D eigenvalue weighted by atomic mass is 9.75. The van der Waals surface area contributed by atoms with Crippen LogP contribution in [0.25, 0.3) is 0 Å². The molecule has 7 nitrogen and oxygen atoms in total. The Morgan fingerprint density at radius 2 is 2.00 bits per heavy atom. The van der Waals surface area contributed by atoms with Gasteiger partial charge in [0.2, 0.25) is 6.79 Å². The summed E-state index contributed by atoms with van der Waals surface area (Å²) in [6.07, 6.45) is 0.719. The van der Waals surface area contributed by atoms with Crippen LogP contribution in [0.5, 0.6) is 11.5 Å². The Morgan fingerprint density at radius 3 is 2.76 bits per heavy atom. The molecule has 8 heteroatoms. The van der Waals surface area contributed by atoms with Crippen molar-refractivity contribution in [3.05, 3.63) is 23.3 Å². The van der Waals surface area contributed by atoms with Crippen LogP contribution in [0, 0.1) is 5.92 Å². The largest absolute Gasteiger partial charge is 0.454 e. The lowest BCUT2D eigenvalue weighted by molar-refractivity contribution is -0.0284. The fourth-order valence-corrected chi connectivity index (χ4v) is 5.73. The van der Waals surface area contributed by atoms with Gasteiger partial charge in [-0.05, 0) is 42.0 Å². The van der Waals surface area contributed by atoms with E-state index in [9.17, 15) is 13.5 Å². The first-order chi connectivity index (χ1) is 11.9. The molecule has 0 radical (unpaired) electrons. The quantitative estimate of drug-likeness (QED) is 0.775. The number of aliphatic hydroxyl groups excluding tert-OH is 1. The van der Waals surface area contributed by atoms with Gasteiger partial charge in [0.05, 0.1) is 12.4 Å². The number of aliphatic hydroxyl groups is 1. The molecule has 4 aliphatic rings. The highest BCUT2D eigenvalue weighted by Gasteiger charge is 2.51. The van der Waals surface area contributed by atoms with Crippen LogP contribution in [0.2, 0.25) is 0 Å². The molecule has 1 saturated carbocycles. The summed E-state index contributed by atoms with van der Waals surface area (Å²) < 4.78 is 39.1. The van der Waals surface area contributed by atoms with Crippen LogP contribution in [-0.2, 0) is 20.8 Å². The Labute approximate surface area is 146 Å². The van der Waals surface area contributed by atoms with Crippen LogP contribution in [0.3, 0.4) is 0 Å². The zero-order chi connectivity index (χ0) is 17.3. The second-order valence-electron chi connectivity index (χ2n) is 7.55. The van der Waals surface area contributed by atoms with Crippen LogP contribution < -0.4 is 9.47 Å². The first-order valence-corrected chi connectivity index (χ1v) is 10.4. The van der Waals surface area contributed by atoms with Crippen molar-refractivity contribution in [2.24, 2.45) is 5.92 Å². The number of hydrogen-bond donors (Lipinski definition) is 1. The van der Waals surface area contributed by atoms with Gasteiger partial charge in [-0.3, -0.25) is 9.08 Å². The van der Waals surface area contributed by atoms with Gasteiger partial charge in [0.15, 0.2) is 11.5 Å². The molecule has 0 aromatic heterocycles. The van der Waals surface area contributed by atoms with E-state index >= 15 is 0 Å². The smallest absolute Gasteiger partial charge is 0.264 e. The topological polar surface area (TPSA) is 85.3 Å². The van der Waals surface area contributed by atoms with Gasteiger partial charge in [0.1, 0.15) is 6.10 Å². The van der Waals surface area contributed by atoms with Gasteiger partial charge in [-0.2, -0.15) is 8.42 Å². The minimum Gasteiger partial charge on any atom is -0.454 e. The van der Waals surface area contributed by atoms with E-state index in [-0.39, 0.29) is 12.8 Å². The van der Waals surface area contributed by atoms with Crippen LogP contribution in [-0.4, -0.2) is 56.3 Å². The van der Waals surface area contributed by atoms with Crippen molar-refractivity contribution in [2.75, 3.05) is 19.6 Å². The van der Waals surface area contributed by atoms with E-state index in [1.54, 1.807) is 0 Å². The first-order valence-electron chi connectivity index (χ1n) is 8.62. The van der Waals surface area contributed by atoms with Crippen LogP contribution in [0.4, 0.5) is 0 Å². The molecule has 25 heavy (non-hydrogen) atoms. The van der Waals surface area contributed by atoms with Crippen LogP contribution in [0.1, 0.15) is 29.9 Å². The molecule has 1 aromatic carbocycles. The number of fused-ring (bicyclic) bond motifs is 8. The lowest BCUT2D eigenvalue weighted by Gasteiger charge is -2.38. The van der Waals surface area contributed by atoms with Gasteiger partial charge in [-0.1, -0.05) is 0 Å². The van der Waals surface area contributed by atoms with Crippen molar-refractivity contribution in [2.45, 2.75) is 43.6 Å². The number of hydrogen-bond acceptors (Lipinski definition) is 7. The molecule has 1 aromatic rings. The third-order valence-corrected chi connectivity index (χ3v) is 6.63. The van der Waals surface area contributed by atoms with Gasteiger partial charge < -0.3 is 14.6 Å². The summed E-state index contributed by atoms with van der Waals surface area (Å²) >= 11 is 0. The van der Waals surface area contributed by atoms with E-state index in [1.165, 1.54) is 11.1 Å². The van der Waals surface area contributed by atoms with Gasteiger partial charge in [0.25, 0.3) is 10.1 Å². The minimum absolute atomic E-state index is 0.226. The average Bonchev–Trinajstić information content (AvgIpc) is 3.09. The molecule has 136 valence electrons. The summed E-state index contributed by atoms with van der Waals surface area (Å²) in [6, 6.07) is 4.38. The Balaban J connectivity index is 1.46. The summed E-state index contributed by atoms with van der Waals surface area (Å²) in [5, 5.41) is 10.4. The van der Waals surface area contributed by atoms with E-state index in [2.05, 4.69) is 17.0 Å². The summed E-state index contributed by atoms with van der Waals surface area (Å²) in [7, 11) is -3.58. The molecule has 2 bridgehead atoms. The molecule has 1 aliphatic carbocycles. The first kappa shape index (κ1) is 15.9. The zero-order valence-electron chi connectivity index (χ0n) is 13.9. The molecule has 6 atom stereocenters. The molecule has 3 heterocycles. The number of benzene rings is 1. The van der Waals surface area contributed by atoms with E-state index in [0.717, 1.165) is 30.8 Å². The summed E-state index contributed by atoms with van der Waals surface area (Å²) in [5.41, 5.74) is 2.52. The van der Waals surface area contributed by atoms with Gasteiger partial charge in [-0.25, -0.2) is 0 Å². The molecule has 5 rings (SSSR count). The average molecular weight is 367 g/mol. The van der Waals surface area contributed by atoms with Gasteiger partial charge in [-0.15, -0.1) is 0 Å².